The normalized spacial score (nSPS) is 30.5. The summed E-state index contributed by atoms with van der Waals surface area (Å²) in [5.74, 6) is 2.28. The number of hydrogen-bond acceptors (Lipinski definition) is 4. The zero-order chi connectivity index (χ0) is 21.0. The number of hydrogen-bond donors (Lipinski definition) is 2. The van der Waals surface area contributed by atoms with Crippen LogP contribution >= 0.6 is 0 Å². The van der Waals surface area contributed by atoms with E-state index in [2.05, 4.69) is 22.2 Å². The topological polar surface area (TPSA) is 96.9 Å². The highest BCUT2D eigenvalue weighted by Gasteiger charge is 2.53. The molecule has 4 fully saturated rings. The van der Waals surface area contributed by atoms with Crippen LogP contribution in [-0.2, 0) is 6.54 Å². The second kappa shape index (κ2) is 7.06. The minimum Gasteiger partial charge on any atom is -0.349 e. The molecule has 2 N–H and O–H groups in total. The third-order valence-electron chi connectivity index (χ3n) is 7.89. The van der Waals surface area contributed by atoms with Crippen LogP contribution in [0.5, 0.6) is 0 Å². The Kier molecular flexibility index (Phi) is 4.60. The lowest BCUT2D eigenvalue weighted by Gasteiger charge is -2.59. The molecule has 2 aromatic rings. The van der Waals surface area contributed by atoms with Crippen molar-refractivity contribution in [3.8, 4) is 0 Å². The van der Waals surface area contributed by atoms with E-state index in [1.807, 2.05) is 6.92 Å². The number of aromatic nitrogens is 3. The smallest absolute Gasteiger partial charge is 0.329 e. The first-order valence-corrected chi connectivity index (χ1v) is 11.3. The molecular formula is C23H30N4O3. The molecule has 30 heavy (non-hydrogen) atoms. The van der Waals surface area contributed by atoms with Gasteiger partial charge in [0.25, 0.3) is 11.5 Å². The molecule has 0 aromatic carbocycles. The Labute approximate surface area is 175 Å². The fraction of sp³-hybridized carbons (Fsp3) is 0.652. The quantitative estimate of drug-likeness (QED) is 0.792. The highest BCUT2D eigenvalue weighted by atomic mass is 16.2. The molecule has 4 aliphatic rings. The van der Waals surface area contributed by atoms with Crippen LogP contribution in [0.1, 0.15) is 69.2 Å². The summed E-state index contributed by atoms with van der Waals surface area (Å²) in [6.45, 7) is 4.57. The lowest BCUT2D eigenvalue weighted by molar-refractivity contribution is -0.0688. The third kappa shape index (κ3) is 3.10. The maximum absolute atomic E-state index is 13.0. The summed E-state index contributed by atoms with van der Waals surface area (Å²) in [5.41, 5.74) is -0.0518. The SMILES string of the molecule is CCCn1c(=O)[nH]c(=O)c2cc(C(=O)NC(C)C34CC5CC(CC(C5)C3)C4)cnc21. The van der Waals surface area contributed by atoms with E-state index in [0.717, 1.165) is 24.2 Å². The summed E-state index contributed by atoms with van der Waals surface area (Å²) in [4.78, 5) is 44.2. The fourth-order valence-electron chi connectivity index (χ4n) is 6.86. The molecule has 0 spiro atoms. The number of nitrogens with one attached hydrogen (secondary N) is 2. The summed E-state index contributed by atoms with van der Waals surface area (Å²) >= 11 is 0. The van der Waals surface area contributed by atoms with Crippen molar-refractivity contribution in [3.63, 3.8) is 0 Å². The van der Waals surface area contributed by atoms with Crippen LogP contribution in [0, 0.1) is 23.2 Å². The number of nitrogens with zero attached hydrogens (tertiary/aromatic N) is 2. The molecule has 4 bridgehead atoms. The number of carbonyl (C=O) groups excluding carboxylic acids is 1. The second-order valence-corrected chi connectivity index (χ2v) is 9.98. The number of H-pyrrole nitrogens is 1. The number of aryl methyl sites for hydroxylation is 1. The Morgan fingerprint density at radius 2 is 1.87 bits per heavy atom. The molecule has 2 aromatic heterocycles. The zero-order valence-electron chi connectivity index (χ0n) is 17.7. The summed E-state index contributed by atoms with van der Waals surface area (Å²) in [6.07, 6.45) is 10.0. The highest BCUT2D eigenvalue weighted by Crippen LogP contribution is 2.61. The number of fused-ring (bicyclic) bond motifs is 1. The van der Waals surface area contributed by atoms with Gasteiger partial charge in [-0.15, -0.1) is 0 Å². The van der Waals surface area contributed by atoms with Crippen molar-refractivity contribution in [1.29, 1.82) is 0 Å². The first kappa shape index (κ1) is 19.5. The molecule has 0 saturated heterocycles. The molecule has 7 nitrogen and oxygen atoms in total. The van der Waals surface area contributed by atoms with E-state index >= 15 is 0 Å². The maximum atomic E-state index is 13.0. The van der Waals surface area contributed by atoms with Gasteiger partial charge in [-0.05, 0) is 81.1 Å². The van der Waals surface area contributed by atoms with E-state index in [1.54, 1.807) is 6.07 Å². The molecule has 160 valence electrons. The van der Waals surface area contributed by atoms with Crippen molar-refractivity contribution < 1.29 is 4.79 Å². The summed E-state index contributed by atoms with van der Waals surface area (Å²) in [5, 5.41) is 3.50. The molecule has 1 unspecified atom stereocenters. The van der Waals surface area contributed by atoms with Crippen molar-refractivity contribution in [3.05, 3.63) is 38.7 Å². The van der Waals surface area contributed by atoms with Crippen LogP contribution in [-0.4, -0.2) is 26.5 Å². The molecule has 4 aliphatic carbocycles. The van der Waals surface area contributed by atoms with Crippen LogP contribution in [0.4, 0.5) is 0 Å². The van der Waals surface area contributed by atoms with Crippen molar-refractivity contribution in [2.75, 3.05) is 0 Å². The molecule has 2 heterocycles. The van der Waals surface area contributed by atoms with Crippen LogP contribution in [0.25, 0.3) is 11.0 Å². The van der Waals surface area contributed by atoms with Crippen molar-refractivity contribution in [2.24, 2.45) is 23.2 Å². The predicted octanol–water partition coefficient (Wildman–Crippen LogP) is 2.83. The third-order valence-corrected chi connectivity index (χ3v) is 7.89. The molecular weight excluding hydrogens is 380 g/mol. The summed E-state index contributed by atoms with van der Waals surface area (Å²) in [7, 11) is 0. The Hall–Kier alpha value is -2.44. The molecule has 6 rings (SSSR count). The van der Waals surface area contributed by atoms with Gasteiger partial charge < -0.3 is 5.32 Å². The second-order valence-electron chi connectivity index (χ2n) is 9.98. The van der Waals surface area contributed by atoms with Gasteiger partial charge in [-0.25, -0.2) is 9.78 Å². The molecule has 1 amide bonds. The monoisotopic (exact) mass is 410 g/mol. The minimum atomic E-state index is -0.501. The molecule has 0 aliphatic heterocycles. The van der Waals surface area contributed by atoms with Crippen molar-refractivity contribution in [1.82, 2.24) is 19.9 Å². The predicted molar refractivity (Wildman–Crippen MR) is 114 cm³/mol. The van der Waals surface area contributed by atoms with E-state index in [4.69, 9.17) is 0 Å². The minimum absolute atomic E-state index is 0.0985. The Morgan fingerprint density at radius 3 is 2.47 bits per heavy atom. The van der Waals surface area contributed by atoms with Crippen LogP contribution < -0.4 is 16.6 Å². The first-order chi connectivity index (χ1) is 14.4. The molecule has 1 atom stereocenters. The summed E-state index contributed by atoms with van der Waals surface area (Å²) < 4.78 is 1.45. The first-order valence-electron chi connectivity index (χ1n) is 11.3. The Balaban J connectivity index is 1.41. The van der Waals surface area contributed by atoms with E-state index in [1.165, 1.54) is 49.3 Å². The van der Waals surface area contributed by atoms with Crippen LogP contribution in [0.3, 0.4) is 0 Å². The van der Waals surface area contributed by atoms with E-state index in [9.17, 15) is 14.4 Å². The Morgan fingerprint density at radius 1 is 1.23 bits per heavy atom. The van der Waals surface area contributed by atoms with Crippen LogP contribution in [0.2, 0.25) is 0 Å². The zero-order valence-corrected chi connectivity index (χ0v) is 17.7. The van der Waals surface area contributed by atoms with Gasteiger partial charge in [-0.3, -0.25) is 19.1 Å². The molecule has 7 heteroatoms. The largest absolute Gasteiger partial charge is 0.349 e. The number of carbonyl (C=O) groups is 1. The number of amides is 1. The van der Waals surface area contributed by atoms with Crippen molar-refractivity contribution >= 4 is 16.9 Å². The van der Waals surface area contributed by atoms with Gasteiger partial charge in [0.1, 0.15) is 5.65 Å². The summed E-state index contributed by atoms with van der Waals surface area (Å²) in [6, 6.07) is 1.66. The van der Waals surface area contributed by atoms with Crippen LogP contribution in [0.15, 0.2) is 21.9 Å². The van der Waals surface area contributed by atoms with Gasteiger partial charge >= 0.3 is 5.69 Å². The van der Waals surface area contributed by atoms with Gasteiger partial charge in [0.05, 0.1) is 10.9 Å². The lowest BCUT2D eigenvalue weighted by atomic mass is 9.48. The van der Waals surface area contributed by atoms with E-state index < -0.39 is 11.2 Å². The highest BCUT2D eigenvalue weighted by molar-refractivity contribution is 5.96. The lowest BCUT2D eigenvalue weighted by Crippen LogP contribution is -2.55. The molecule has 0 radical (unpaired) electrons. The van der Waals surface area contributed by atoms with Gasteiger partial charge in [-0.2, -0.15) is 0 Å². The van der Waals surface area contributed by atoms with Gasteiger partial charge in [0.15, 0.2) is 0 Å². The molecule has 4 saturated carbocycles. The average molecular weight is 411 g/mol. The number of pyridine rings is 1. The Bertz CT molecular complexity index is 1080. The van der Waals surface area contributed by atoms with Gasteiger partial charge in [-0.1, -0.05) is 6.92 Å². The number of rotatable bonds is 5. The van der Waals surface area contributed by atoms with Crippen molar-refractivity contribution in [2.45, 2.75) is 71.4 Å². The van der Waals surface area contributed by atoms with E-state index in [-0.39, 0.29) is 22.8 Å². The number of aromatic amines is 1. The standard InChI is InChI=1S/C23H30N4O3/c1-3-4-27-19-18(21(29)26-22(27)30)8-17(12-24-19)20(28)25-13(2)23-9-14-5-15(10-23)7-16(6-14)11-23/h8,12-16H,3-7,9-11H2,1-2H3,(H,25,28)(H,26,29,30). The maximum Gasteiger partial charge on any atom is 0.329 e. The van der Waals surface area contributed by atoms with E-state index in [0.29, 0.717) is 17.8 Å². The fourth-order valence-corrected chi connectivity index (χ4v) is 6.86. The average Bonchev–Trinajstić information content (AvgIpc) is 2.69. The van der Waals surface area contributed by atoms with Gasteiger partial charge in [0, 0.05) is 18.8 Å². The van der Waals surface area contributed by atoms with Gasteiger partial charge in [0.2, 0.25) is 0 Å².